The number of nitrogens with zero attached hydrogens (tertiary/aromatic N) is 3. The lowest BCUT2D eigenvalue weighted by molar-refractivity contribution is 0.513. The number of hydrogen-bond donors (Lipinski definition) is 1. The Morgan fingerprint density at radius 1 is 1.17 bits per heavy atom. The number of hydrogen-bond acceptors (Lipinski definition) is 4. The van der Waals surface area contributed by atoms with Crippen LogP contribution in [0.2, 0.25) is 0 Å². The fourth-order valence-electron chi connectivity index (χ4n) is 1.59. The van der Waals surface area contributed by atoms with Gasteiger partial charge in [0.05, 0.1) is 11.8 Å². The molecular weight excluding hydrogens is 252 g/mol. The van der Waals surface area contributed by atoms with Crippen molar-refractivity contribution in [2.75, 3.05) is 0 Å². The first-order valence-electron chi connectivity index (χ1n) is 5.36. The third kappa shape index (κ3) is 2.00. The maximum absolute atomic E-state index is 6.29. The van der Waals surface area contributed by atoms with Crippen LogP contribution < -0.4 is 0 Å². The number of nitrogens with one attached hydrogen (secondary N) is 1. The van der Waals surface area contributed by atoms with E-state index in [0.29, 0.717) is 11.8 Å². The summed E-state index contributed by atoms with van der Waals surface area (Å²) in [7, 11) is 0. The third-order valence-corrected chi connectivity index (χ3v) is 2.93. The molecule has 0 aliphatic rings. The van der Waals surface area contributed by atoms with Gasteiger partial charge in [-0.3, -0.25) is 5.10 Å². The van der Waals surface area contributed by atoms with Crippen molar-refractivity contribution in [1.29, 1.82) is 0 Å². The van der Waals surface area contributed by atoms with Crippen LogP contribution in [0.25, 0.3) is 11.5 Å². The van der Waals surface area contributed by atoms with Gasteiger partial charge in [-0.05, 0) is 5.56 Å². The molecule has 0 fully saturated rings. The van der Waals surface area contributed by atoms with E-state index in [9.17, 15) is 0 Å². The number of alkyl halides is 1. The van der Waals surface area contributed by atoms with Gasteiger partial charge in [0.2, 0.25) is 5.89 Å². The average molecular weight is 261 g/mol. The maximum atomic E-state index is 6.29. The van der Waals surface area contributed by atoms with Crippen molar-refractivity contribution >= 4 is 11.6 Å². The van der Waals surface area contributed by atoms with Crippen molar-refractivity contribution in [2.45, 2.75) is 5.38 Å². The lowest BCUT2D eigenvalue weighted by Gasteiger charge is -2.03. The molecule has 0 bridgehead atoms. The van der Waals surface area contributed by atoms with Crippen LogP contribution >= 0.6 is 11.6 Å². The molecule has 0 aliphatic heterocycles. The molecule has 0 spiro atoms. The molecule has 1 aromatic carbocycles. The normalized spacial score (nSPS) is 12.5. The zero-order chi connectivity index (χ0) is 12.4. The first-order valence-corrected chi connectivity index (χ1v) is 5.80. The van der Waals surface area contributed by atoms with Gasteiger partial charge in [0, 0.05) is 6.20 Å². The van der Waals surface area contributed by atoms with Crippen LogP contribution in [0.4, 0.5) is 0 Å². The molecule has 0 saturated carbocycles. The molecule has 1 atom stereocenters. The van der Waals surface area contributed by atoms with Gasteiger partial charge >= 0.3 is 0 Å². The molecule has 90 valence electrons. The van der Waals surface area contributed by atoms with Crippen LogP contribution in [-0.2, 0) is 0 Å². The van der Waals surface area contributed by atoms with E-state index in [1.54, 1.807) is 12.4 Å². The first kappa shape index (κ1) is 11.0. The van der Waals surface area contributed by atoms with Crippen molar-refractivity contribution < 1.29 is 4.42 Å². The van der Waals surface area contributed by atoms with Crippen molar-refractivity contribution in [3.8, 4) is 11.5 Å². The average Bonchev–Trinajstić information content (AvgIpc) is 3.09. The van der Waals surface area contributed by atoms with E-state index in [1.807, 2.05) is 30.3 Å². The predicted octanol–water partition coefficient (Wildman–Crippen LogP) is 2.79. The monoisotopic (exact) mass is 260 g/mol. The molecule has 0 saturated heterocycles. The van der Waals surface area contributed by atoms with Crippen LogP contribution in [0.15, 0.2) is 47.1 Å². The molecular formula is C12H9ClN4O. The van der Waals surface area contributed by atoms with Gasteiger partial charge in [-0.15, -0.1) is 21.8 Å². The summed E-state index contributed by atoms with van der Waals surface area (Å²) in [5.74, 6) is 0.777. The van der Waals surface area contributed by atoms with E-state index in [2.05, 4.69) is 20.4 Å². The Hall–Kier alpha value is -2.14. The minimum Gasteiger partial charge on any atom is -0.419 e. The molecule has 6 heteroatoms. The molecule has 1 unspecified atom stereocenters. The Kier molecular flexibility index (Phi) is 2.82. The van der Waals surface area contributed by atoms with Gasteiger partial charge in [-0.25, -0.2) is 0 Å². The van der Waals surface area contributed by atoms with Gasteiger partial charge in [-0.2, -0.15) is 5.10 Å². The summed E-state index contributed by atoms with van der Waals surface area (Å²) in [6, 6.07) is 9.59. The molecule has 0 aliphatic carbocycles. The highest BCUT2D eigenvalue weighted by Crippen LogP contribution is 2.29. The fourth-order valence-corrected chi connectivity index (χ4v) is 1.82. The minimum atomic E-state index is -0.445. The second-order valence-electron chi connectivity index (χ2n) is 3.71. The van der Waals surface area contributed by atoms with E-state index >= 15 is 0 Å². The first-order chi connectivity index (χ1) is 8.84. The Morgan fingerprint density at radius 3 is 2.72 bits per heavy atom. The maximum Gasteiger partial charge on any atom is 0.250 e. The summed E-state index contributed by atoms with van der Waals surface area (Å²) in [5, 5.41) is 14.0. The Balaban J connectivity index is 1.90. The van der Waals surface area contributed by atoms with E-state index in [4.69, 9.17) is 16.0 Å². The highest BCUT2D eigenvalue weighted by molar-refractivity contribution is 6.22. The van der Waals surface area contributed by atoms with Gasteiger partial charge in [0.1, 0.15) is 5.38 Å². The van der Waals surface area contributed by atoms with Gasteiger partial charge in [0.15, 0.2) is 0 Å². The van der Waals surface area contributed by atoms with Crippen LogP contribution in [-0.4, -0.2) is 20.4 Å². The highest BCUT2D eigenvalue weighted by Gasteiger charge is 2.18. The molecule has 1 N–H and O–H groups in total. The number of H-pyrrole nitrogens is 1. The number of halogens is 1. The molecule has 2 heterocycles. The van der Waals surface area contributed by atoms with Crippen LogP contribution in [0.1, 0.15) is 16.8 Å². The fraction of sp³-hybridized carbons (Fsp3) is 0.0833. The zero-order valence-corrected chi connectivity index (χ0v) is 10.0. The third-order valence-electron chi connectivity index (χ3n) is 2.49. The second-order valence-corrected chi connectivity index (χ2v) is 4.14. The smallest absolute Gasteiger partial charge is 0.250 e. The molecule has 2 aromatic heterocycles. The highest BCUT2D eigenvalue weighted by atomic mass is 35.5. The van der Waals surface area contributed by atoms with Crippen LogP contribution in [0, 0.1) is 0 Å². The quantitative estimate of drug-likeness (QED) is 0.735. The standard InChI is InChI=1S/C12H9ClN4O/c13-10(8-4-2-1-3-5-8)12-17-16-11(18-12)9-6-14-15-7-9/h1-7,10H,(H,14,15). The van der Waals surface area contributed by atoms with Gasteiger partial charge < -0.3 is 4.42 Å². The van der Waals surface area contributed by atoms with Crippen LogP contribution in [0.5, 0.6) is 0 Å². The Labute approximate surface area is 108 Å². The van der Waals surface area contributed by atoms with E-state index in [-0.39, 0.29) is 0 Å². The zero-order valence-electron chi connectivity index (χ0n) is 9.25. The lowest BCUT2D eigenvalue weighted by Crippen LogP contribution is -1.92. The number of aromatic nitrogens is 4. The number of aromatic amines is 1. The molecule has 0 radical (unpaired) electrons. The number of benzene rings is 1. The van der Waals surface area contributed by atoms with Crippen molar-refractivity contribution in [3.05, 3.63) is 54.2 Å². The summed E-state index contributed by atoms with van der Waals surface area (Å²) >= 11 is 6.29. The van der Waals surface area contributed by atoms with E-state index < -0.39 is 5.38 Å². The molecule has 18 heavy (non-hydrogen) atoms. The van der Waals surface area contributed by atoms with E-state index in [1.165, 1.54) is 0 Å². The van der Waals surface area contributed by atoms with Crippen molar-refractivity contribution in [2.24, 2.45) is 0 Å². The van der Waals surface area contributed by atoms with Crippen LogP contribution in [0.3, 0.4) is 0 Å². The summed E-state index contributed by atoms with van der Waals surface area (Å²) in [5.41, 5.74) is 1.66. The van der Waals surface area contributed by atoms with Gasteiger partial charge in [-0.1, -0.05) is 30.3 Å². The molecule has 5 nitrogen and oxygen atoms in total. The summed E-state index contributed by atoms with van der Waals surface area (Å²) < 4.78 is 5.53. The van der Waals surface area contributed by atoms with Gasteiger partial charge in [0.25, 0.3) is 5.89 Å². The SMILES string of the molecule is ClC(c1ccccc1)c1nnc(-c2cn[nH]c2)o1. The number of rotatable bonds is 3. The predicted molar refractivity (Wildman–Crippen MR) is 66.0 cm³/mol. The second kappa shape index (κ2) is 4.62. The van der Waals surface area contributed by atoms with Crippen molar-refractivity contribution in [3.63, 3.8) is 0 Å². The lowest BCUT2D eigenvalue weighted by atomic mass is 10.1. The Morgan fingerprint density at radius 2 is 2.00 bits per heavy atom. The largest absolute Gasteiger partial charge is 0.419 e. The van der Waals surface area contributed by atoms with Crippen molar-refractivity contribution in [1.82, 2.24) is 20.4 Å². The summed E-state index contributed by atoms with van der Waals surface area (Å²) in [6.07, 6.45) is 3.30. The van der Waals surface area contributed by atoms with E-state index in [0.717, 1.165) is 11.1 Å². The molecule has 0 amide bonds. The minimum absolute atomic E-state index is 0.374. The molecule has 3 aromatic rings. The molecule has 3 rings (SSSR count). The Bertz CT molecular complexity index is 621. The topological polar surface area (TPSA) is 67.6 Å². The summed E-state index contributed by atoms with van der Waals surface area (Å²) in [6.45, 7) is 0. The summed E-state index contributed by atoms with van der Waals surface area (Å²) in [4.78, 5) is 0.